The van der Waals surface area contributed by atoms with E-state index in [4.69, 9.17) is 0 Å². The number of nitrogens with zero attached hydrogens (tertiary/aromatic N) is 3. The van der Waals surface area contributed by atoms with Crippen LogP contribution in [0.15, 0.2) is 28.6 Å². The second-order valence-corrected chi connectivity index (χ2v) is 8.99. The molecule has 0 aliphatic heterocycles. The number of carbonyl (C=O) groups is 1. The van der Waals surface area contributed by atoms with Gasteiger partial charge in [0.05, 0.1) is 17.7 Å². The number of benzene rings is 1. The number of Topliss-reactive ketones (excluding diaryl/α,β-unsaturated/α-hetero) is 1. The van der Waals surface area contributed by atoms with Gasteiger partial charge in [-0.2, -0.15) is 0 Å². The SMILES string of the molecule is Cc1nnc(SCC(=O)c2ccc(N(C)S(C)(=O)=O)cc2)s1. The molecule has 0 aliphatic carbocycles. The molecule has 1 heterocycles. The summed E-state index contributed by atoms with van der Waals surface area (Å²) in [7, 11) is -1.83. The van der Waals surface area contributed by atoms with E-state index in [9.17, 15) is 13.2 Å². The molecule has 6 nitrogen and oxygen atoms in total. The minimum absolute atomic E-state index is 0.0357. The molecule has 1 aromatic heterocycles. The van der Waals surface area contributed by atoms with Gasteiger partial charge in [-0.3, -0.25) is 9.10 Å². The summed E-state index contributed by atoms with van der Waals surface area (Å²) in [4.78, 5) is 12.1. The first-order chi connectivity index (χ1) is 10.3. The Balaban J connectivity index is 2.02. The van der Waals surface area contributed by atoms with Crippen LogP contribution in [0.4, 0.5) is 5.69 Å². The summed E-state index contributed by atoms with van der Waals surface area (Å²) in [5.41, 5.74) is 1.06. The van der Waals surface area contributed by atoms with E-state index in [1.54, 1.807) is 24.3 Å². The van der Waals surface area contributed by atoms with Crippen molar-refractivity contribution in [2.75, 3.05) is 23.4 Å². The lowest BCUT2D eigenvalue weighted by atomic mass is 10.1. The summed E-state index contributed by atoms with van der Waals surface area (Å²) < 4.78 is 24.8. The zero-order valence-corrected chi connectivity index (χ0v) is 14.8. The maximum absolute atomic E-state index is 12.1. The van der Waals surface area contributed by atoms with Crippen molar-refractivity contribution in [3.8, 4) is 0 Å². The van der Waals surface area contributed by atoms with Gasteiger partial charge in [0.1, 0.15) is 5.01 Å². The van der Waals surface area contributed by atoms with Crippen molar-refractivity contribution < 1.29 is 13.2 Å². The first kappa shape index (κ1) is 16.9. The minimum Gasteiger partial charge on any atom is -0.293 e. The van der Waals surface area contributed by atoms with Gasteiger partial charge >= 0.3 is 0 Å². The van der Waals surface area contributed by atoms with Crippen LogP contribution < -0.4 is 4.31 Å². The van der Waals surface area contributed by atoms with E-state index in [2.05, 4.69) is 10.2 Å². The van der Waals surface area contributed by atoms with E-state index in [1.165, 1.54) is 34.5 Å². The number of carbonyl (C=O) groups excluding carboxylic acids is 1. The summed E-state index contributed by atoms with van der Waals surface area (Å²) >= 11 is 2.80. The third kappa shape index (κ3) is 4.28. The Hall–Kier alpha value is -1.45. The molecule has 0 unspecified atom stereocenters. The van der Waals surface area contributed by atoms with Crippen LogP contribution in [-0.2, 0) is 10.0 Å². The summed E-state index contributed by atoms with van der Waals surface area (Å²) in [6.07, 6.45) is 1.13. The second-order valence-electron chi connectivity index (χ2n) is 4.58. The van der Waals surface area contributed by atoms with E-state index in [1.807, 2.05) is 6.92 Å². The van der Waals surface area contributed by atoms with Crippen molar-refractivity contribution in [3.05, 3.63) is 34.8 Å². The minimum atomic E-state index is -3.30. The average Bonchev–Trinajstić information content (AvgIpc) is 2.89. The molecule has 0 saturated carbocycles. The molecule has 2 aromatic rings. The van der Waals surface area contributed by atoms with E-state index >= 15 is 0 Å². The van der Waals surface area contributed by atoms with Crippen molar-refractivity contribution in [1.29, 1.82) is 0 Å². The molecule has 0 radical (unpaired) electrons. The predicted molar refractivity (Wildman–Crippen MR) is 89.4 cm³/mol. The fraction of sp³-hybridized carbons (Fsp3) is 0.308. The van der Waals surface area contributed by atoms with Gasteiger partial charge in [0.15, 0.2) is 10.1 Å². The number of sulfonamides is 1. The van der Waals surface area contributed by atoms with Gasteiger partial charge in [-0.1, -0.05) is 23.1 Å². The molecular formula is C13H15N3O3S3. The van der Waals surface area contributed by atoms with Crippen LogP contribution in [0.1, 0.15) is 15.4 Å². The van der Waals surface area contributed by atoms with Crippen molar-refractivity contribution in [3.63, 3.8) is 0 Å². The molecule has 0 atom stereocenters. The van der Waals surface area contributed by atoms with Gasteiger partial charge in [-0.25, -0.2) is 8.42 Å². The molecule has 0 aliphatic rings. The van der Waals surface area contributed by atoms with Gasteiger partial charge in [0, 0.05) is 12.6 Å². The Kier molecular flexibility index (Phi) is 5.20. The Labute approximate surface area is 137 Å². The molecular weight excluding hydrogens is 342 g/mol. The van der Waals surface area contributed by atoms with Crippen LogP contribution in [0.3, 0.4) is 0 Å². The second kappa shape index (κ2) is 6.76. The number of rotatable bonds is 6. The topological polar surface area (TPSA) is 80.2 Å². The van der Waals surface area contributed by atoms with Crippen molar-refractivity contribution in [2.45, 2.75) is 11.3 Å². The normalized spacial score (nSPS) is 11.4. The molecule has 118 valence electrons. The van der Waals surface area contributed by atoms with Crippen LogP contribution in [-0.4, -0.2) is 43.5 Å². The summed E-state index contributed by atoms with van der Waals surface area (Å²) in [5, 5.41) is 8.71. The quantitative estimate of drug-likeness (QED) is 0.582. The number of aryl methyl sites for hydroxylation is 1. The third-order valence-electron chi connectivity index (χ3n) is 2.88. The lowest BCUT2D eigenvalue weighted by Crippen LogP contribution is -2.24. The van der Waals surface area contributed by atoms with E-state index in [-0.39, 0.29) is 11.5 Å². The fourth-order valence-corrected chi connectivity index (χ4v) is 3.81. The lowest BCUT2D eigenvalue weighted by molar-refractivity contribution is 0.102. The highest BCUT2D eigenvalue weighted by Crippen LogP contribution is 2.23. The van der Waals surface area contributed by atoms with E-state index in [0.717, 1.165) is 15.6 Å². The van der Waals surface area contributed by atoms with Crippen LogP contribution in [0.2, 0.25) is 0 Å². The number of aromatic nitrogens is 2. The monoisotopic (exact) mass is 357 g/mol. The van der Waals surface area contributed by atoms with Crippen LogP contribution >= 0.6 is 23.1 Å². The fourth-order valence-electron chi connectivity index (χ4n) is 1.60. The van der Waals surface area contributed by atoms with Crippen molar-refractivity contribution in [2.24, 2.45) is 0 Å². The standard InChI is InChI=1S/C13H15N3O3S3/c1-9-14-15-13(21-9)20-8-12(17)10-4-6-11(7-5-10)16(2)22(3,18)19/h4-7H,8H2,1-3H3. The van der Waals surface area contributed by atoms with Crippen molar-refractivity contribution >= 4 is 44.6 Å². The highest BCUT2D eigenvalue weighted by atomic mass is 32.2. The molecule has 1 aromatic carbocycles. The van der Waals surface area contributed by atoms with Crippen LogP contribution in [0.5, 0.6) is 0 Å². The number of ketones is 1. The van der Waals surface area contributed by atoms with E-state index in [0.29, 0.717) is 11.3 Å². The molecule has 0 saturated heterocycles. The lowest BCUT2D eigenvalue weighted by Gasteiger charge is -2.16. The molecule has 0 fully saturated rings. The number of hydrogen-bond acceptors (Lipinski definition) is 7. The smallest absolute Gasteiger partial charge is 0.231 e. The number of hydrogen-bond donors (Lipinski definition) is 0. The van der Waals surface area contributed by atoms with Gasteiger partial charge in [0.2, 0.25) is 10.0 Å². The molecule has 9 heteroatoms. The van der Waals surface area contributed by atoms with Gasteiger partial charge < -0.3 is 0 Å². The largest absolute Gasteiger partial charge is 0.293 e. The number of thioether (sulfide) groups is 1. The molecule has 0 bridgehead atoms. The third-order valence-corrected chi connectivity index (χ3v) is 6.06. The molecule has 2 rings (SSSR count). The maximum atomic E-state index is 12.1. The van der Waals surface area contributed by atoms with Crippen LogP contribution in [0, 0.1) is 6.92 Å². The highest BCUT2D eigenvalue weighted by Gasteiger charge is 2.13. The van der Waals surface area contributed by atoms with Gasteiger partial charge in [-0.05, 0) is 31.2 Å². The average molecular weight is 357 g/mol. The van der Waals surface area contributed by atoms with Crippen LogP contribution in [0.25, 0.3) is 0 Å². The summed E-state index contributed by atoms with van der Waals surface area (Å²) in [5.74, 6) is 0.238. The maximum Gasteiger partial charge on any atom is 0.231 e. The zero-order chi connectivity index (χ0) is 16.3. The Morgan fingerprint density at radius 1 is 1.27 bits per heavy atom. The predicted octanol–water partition coefficient (Wildman–Crippen LogP) is 2.22. The highest BCUT2D eigenvalue weighted by molar-refractivity contribution is 8.01. The first-order valence-electron chi connectivity index (χ1n) is 6.27. The zero-order valence-electron chi connectivity index (χ0n) is 12.3. The molecule has 0 N–H and O–H groups in total. The van der Waals surface area contributed by atoms with Gasteiger partial charge in [0.25, 0.3) is 0 Å². The molecule has 22 heavy (non-hydrogen) atoms. The molecule has 0 spiro atoms. The number of anilines is 1. The Bertz CT molecular complexity index is 769. The first-order valence-corrected chi connectivity index (χ1v) is 9.92. The summed E-state index contributed by atoms with van der Waals surface area (Å²) in [6.45, 7) is 1.86. The Morgan fingerprint density at radius 2 is 1.91 bits per heavy atom. The summed E-state index contributed by atoms with van der Waals surface area (Å²) in [6, 6.07) is 6.50. The molecule has 0 amide bonds. The van der Waals surface area contributed by atoms with E-state index < -0.39 is 10.0 Å². The van der Waals surface area contributed by atoms with Crippen molar-refractivity contribution in [1.82, 2.24) is 10.2 Å². The van der Waals surface area contributed by atoms with Gasteiger partial charge in [-0.15, -0.1) is 10.2 Å². The Morgan fingerprint density at radius 3 is 2.41 bits per heavy atom.